The Balaban J connectivity index is 1.54. The summed E-state index contributed by atoms with van der Waals surface area (Å²) in [4.78, 5) is 29.7. The van der Waals surface area contributed by atoms with Crippen LogP contribution in [0.2, 0.25) is 0 Å². The minimum Gasteiger partial charge on any atom is -0.497 e. The molecule has 2 aromatic heterocycles. The lowest BCUT2D eigenvalue weighted by Crippen LogP contribution is -2.27. The van der Waals surface area contributed by atoms with Crippen LogP contribution in [0, 0.1) is 13.8 Å². The zero-order chi connectivity index (χ0) is 21.3. The van der Waals surface area contributed by atoms with Crippen LogP contribution in [0.5, 0.6) is 5.75 Å². The molecule has 8 heteroatoms. The van der Waals surface area contributed by atoms with Gasteiger partial charge in [0, 0.05) is 17.9 Å². The number of carbonyl (C=O) groups excluding carboxylic acids is 2. The van der Waals surface area contributed by atoms with Crippen molar-refractivity contribution in [3.05, 3.63) is 65.1 Å². The highest BCUT2D eigenvalue weighted by molar-refractivity contribution is 6.09. The number of amides is 2. The van der Waals surface area contributed by atoms with Gasteiger partial charge in [-0.2, -0.15) is 5.10 Å². The van der Waals surface area contributed by atoms with Gasteiger partial charge in [0.2, 0.25) is 0 Å². The van der Waals surface area contributed by atoms with Crippen molar-refractivity contribution in [1.82, 2.24) is 20.1 Å². The summed E-state index contributed by atoms with van der Waals surface area (Å²) >= 11 is 0. The highest BCUT2D eigenvalue weighted by atomic mass is 16.5. The third kappa shape index (κ3) is 4.17. The van der Waals surface area contributed by atoms with Crippen LogP contribution in [0.25, 0.3) is 5.82 Å². The van der Waals surface area contributed by atoms with Gasteiger partial charge in [0.1, 0.15) is 5.75 Å². The quantitative estimate of drug-likeness (QED) is 0.657. The van der Waals surface area contributed by atoms with Gasteiger partial charge in [-0.15, -0.1) is 0 Å². The first-order valence-corrected chi connectivity index (χ1v) is 9.74. The van der Waals surface area contributed by atoms with Crippen molar-refractivity contribution in [2.45, 2.75) is 32.7 Å². The van der Waals surface area contributed by atoms with Crippen molar-refractivity contribution < 1.29 is 14.3 Å². The molecule has 3 aromatic rings. The Morgan fingerprint density at radius 3 is 2.50 bits per heavy atom. The fourth-order valence-corrected chi connectivity index (χ4v) is 3.14. The number of aromatic nitrogens is 3. The van der Waals surface area contributed by atoms with E-state index in [1.165, 1.54) is 13.3 Å². The van der Waals surface area contributed by atoms with Gasteiger partial charge < -0.3 is 15.4 Å². The second kappa shape index (κ2) is 7.98. The number of methoxy groups -OCH3 is 1. The van der Waals surface area contributed by atoms with E-state index in [9.17, 15) is 9.59 Å². The molecule has 2 N–H and O–H groups in total. The number of hydrogen-bond donors (Lipinski definition) is 2. The van der Waals surface area contributed by atoms with Crippen LogP contribution in [0.4, 0.5) is 5.69 Å². The van der Waals surface area contributed by atoms with Gasteiger partial charge in [0.05, 0.1) is 29.6 Å². The fourth-order valence-electron chi connectivity index (χ4n) is 3.14. The Hall–Kier alpha value is -3.68. The predicted octanol–water partition coefficient (Wildman–Crippen LogP) is 3.04. The van der Waals surface area contributed by atoms with E-state index < -0.39 is 0 Å². The Morgan fingerprint density at radius 2 is 1.90 bits per heavy atom. The molecular weight excluding hydrogens is 382 g/mol. The Morgan fingerprint density at radius 1 is 1.10 bits per heavy atom. The predicted molar refractivity (Wildman–Crippen MR) is 112 cm³/mol. The number of ether oxygens (including phenoxy) is 1. The molecule has 1 aliphatic rings. The number of aryl methyl sites for hydroxylation is 2. The normalized spacial score (nSPS) is 13.0. The summed E-state index contributed by atoms with van der Waals surface area (Å²) in [5.74, 6) is 0.591. The van der Waals surface area contributed by atoms with Gasteiger partial charge in [-0.05, 0) is 63.1 Å². The average Bonchev–Trinajstić information content (AvgIpc) is 3.49. The van der Waals surface area contributed by atoms with Gasteiger partial charge >= 0.3 is 0 Å². The SMILES string of the molecule is COc1ccc(NC(=O)c2ccc(-n3nc(C)cc3C)nc2)c(C(=O)NC2CC2)c1. The van der Waals surface area contributed by atoms with Crippen LogP contribution in [-0.2, 0) is 0 Å². The zero-order valence-electron chi connectivity index (χ0n) is 17.1. The van der Waals surface area contributed by atoms with Crippen LogP contribution in [-0.4, -0.2) is 39.7 Å². The van der Waals surface area contributed by atoms with Crippen molar-refractivity contribution in [1.29, 1.82) is 0 Å². The summed E-state index contributed by atoms with van der Waals surface area (Å²) in [6, 6.07) is 10.6. The standard InChI is InChI=1S/C22H23N5O3/c1-13-10-14(2)27(26-13)20-9-4-15(12-23-20)21(28)25-19-8-7-17(30-3)11-18(19)22(29)24-16-5-6-16/h4,7-12,16H,5-6H2,1-3H3,(H,24,29)(H,25,28). The molecule has 0 saturated heterocycles. The Kier molecular flexibility index (Phi) is 5.22. The summed E-state index contributed by atoms with van der Waals surface area (Å²) in [5.41, 5.74) is 3.02. The number of rotatable bonds is 6. The largest absolute Gasteiger partial charge is 0.497 e. The molecule has 0 bridgehead atoms. The molecule has 1 aliphatic carbocycles. The molecule has 0 atom stereocenters. The van der Waals surface area contributed by atoms with E-state index in [1.807, 2.05) is 19.9 Å². The number of benzene rings is 1. The molecule has 2 amide bonds. The monoisotopic (exact) mass is 405 g/mol. The maximum absolute atomic E-state index is 12.8. The van der Waals surface area contributed by atoms with Crippen LogP contribution < -0.4 is 15.4 Å². The minimum absolute atomic E-state index is 0.207. The first-order chi connectivity index (χ1) is 14.4. The van der Waals surface area contributed by atoms with Crippen LogP contribution in [0.1, 0.15) is 44.9 Å². The molecule has 0 aliphatic heterocycles. The molecule has 4 rings (SSSR count). The zero-order valence-corrected chi connectivity index (χ0v) is 17.1. The molecular formula is C22H23N5O3. The Bertz CT molecular complexity index is 1100. The number of nitrogens with one attached hydrogen (secondary N) is 2. The highest BCUT2D eigenvalue weighted by Gasteiger charge is 2.25. The molecule has 0 spiro atoms. The van der Waals surface area contributed by atoms with Crippen LogP contribution in [0.15, 0.2) is 42.6 Å². The maximum atomic E-state index is 12.8. The lowest BCUT2D eigenvalue weighted by atomic mass is 10.1. The summed E-state index contributed by atoms with van der Waals surface area (Å²) in [6.07, 6.45) is 3.45. The van der Waals surface area contributed by atoms with Gasteiger partial charge in [-0.1, -0.05) is 0 Å². The van der Waals surface area contributed by atoms with E-state index in [2.05, 4.69) is 20.7 Å². The van der Waals surface area contributed by atoms with Gasteiger partial charge in [0.25, 0.3) is 11.8 Å². The van der Waals surface area contributed by atoms with E-state index in [4.69, 9.17) is 4.74 Å². The van der Waals surface area contributed by atoms with Gasteiger partial charge in [-0.25, -0.2) is 9.67 Å². The van der Waals surface area contributed by atoms with E-state index in [0.717, 1.165) is 24.2 Å². The van der Waals surface area contributed by atoms with Crippen molar-refractivity contribution >= 4 is 17.5 Å². The average molecular weight is 405 g/mol. The van der Waals surface area contributed by atoms with Gasteiger partial charge in [0.15, 0.2) is 5.82 Å². The summed E-state index contributed by atoms with van der Waals surface area (Å²) < 4.78 is 6.95. The fraction of sp³-hybridized carbons (Fsp3) is 0.273. The summed E-state index contributed by atoms with van der Waals surface area (Å²) in [5, 5.41) is 10.1. The summed E-state index contributed by atoms with van der Waals surface area (Å²) in [6.45, 7) is 3.86. The van der Waals surface area contributed by atoms with Crippen molar-refractivity contribution in [2.24, 2.45) is 0 Å². The van der Waals surface area contributed by atoms with E-state index in [1.54, 1.807) is 35.0 Å². The Labute approximate surface area is 174 Å². The van der Waals surface area contributed by atoms with E-state index in [-0.39, 0.29) is 17.9 Å². The lowest BCUT2D eigenvalue weighted by molar-refractivity contribution is 0.0951. The number of anilines is 1. The third-order valence-corrected chi connectivity index (χ3v) is 4.87. The first kappa shape index (κ1) is 19.6. The maximum Gasteiger partial charge on any atom is 0.257 e. The molecule has 30 heavy (non-hydrogen) atoms. The molecule has 154 valence electrons. The number of carbonyl (C=O) groups is 2. The molecule has 8 nitrogen and oxygen atoms in total. The van der Waals surface area contributed by atoms with Gasteiger partial charge in [-0.3, -0.25) is 9.59 Å². The van der Waals surface area contributed by atoms with E-state index in [0.29, 0.717) is 28.4 Å². The molecule has 1 aromatic carbocycles. The molecule has 1 fully saturated rings. The second-order valence-electron chi connectivity index (χ2n) is 7.36. The lowest BCUT2D eigenvalue weighted by Gasteiger charge is -2.13. The third-order valence-electron chi connectivity index (χ3n) is 4.87. The molecule has 0 unspecified atom stereocenters. The number of hydrogen-bond acceptors (Lipinski definition) is 5. The topological polar surface area (TPSA) is 98.1 Å². The second-order valence-corrected chi connectivity index (χ2v) is 7.36. The molecule has 0 radical (unpaired) electrons. The smallest absolute Gasteiger partial charge is 0.257 e. The molecule has 1 saturated carbocycles. The van der Waals surface area contributed by atoms with Crippen molar-refractivity contribution in [2.75, 3.05) is 12.4 Å². The highest BCUT2D eigenvalue weighted by Crippen LogP contribution is 2.25. The number of pyridine rings is 1. The van der Waals surface area contributed by atoms with E-state index >= 15 is 0 Å². The van der Waals surface area contributed by atoms with Crippen molar-refractivity contribution in [3.8, 4) is 11.6 Å². The number of nitrogens with zero attached hydrogens (tertiary/aromatic N) is 3. The minimum atomic E-state index is -0.354. The summed E-state index contributed by atoms with van der Waals surface area (Å²) in [7, 11) is 1.53. The molecule has 2 heterocycles. The first-order valence-electron chi connectivity index (χ1n) is 9.74. The van der Waals surface area contributed by atoms with Crippen molar-refractivity contribution in [3.63, 3.8) is 0 Å². The van der Waals surface area contributed by atoms with Crippen LogP contribution >= 0.6 is 0 Å². The van der Waals surface area contributed by atoms with Crippen LogP contribution in [0.3, 0.4) is 0 Å².